The lowest BCUT2D eigenvalue weighted by Crippen LogP contribution is -2.43. The van der Waals surface area contributed by atoms with Gasteiger partial charge in [0.2, 0.25) is 0 Å². The fraction of sp³-hybridized carbons (Fsp3) is 0.391. The molecule has 3 rings (SSSR count). The molecule has 0 aliphatic carbocycles. The number of nitrogens with one attached hydrogen (secondary N) is 1. The van der Waals surface area contributed by atoms with Gasteiger partial charge in [-0.1, -0.05) is 30.3 Å². The Morgan fingerprint density at radius 3 is 2.38 bits per heavy atom. The summed E-state index contributed by atoms with van der Waals surface area (Å²) in [7, 11) is 0. The maximum atomic E-state index is 9.60. The molecule has 2 aromatic rings. The lowest BCUT2D eigenvalue weighted by Gasteiger charge is -2.30. The van der Waals surface area contributed by atoms with Crippen molar-refractivity contribution >= 4 is 12.2 Å². The SMILES string of the molecule is CC(C)(C)OC=O.N#Cc1ccc(N2CCNCC2)c(OCc2ccccc2)c1. The minimum absolute atomic E-state index is 0.318. The third-order valence-electron chi connectivity index (χ3n) is 4.19. The number of hydrogen-bond donors (Lipinski definition) is 1. The number of hydrogen-bond acceptors (Lipinski definition) is 6. The Kier molecular flexibility index (Phi) is 8.50. The number of nitriles is 1. The Morgan fingerprint density at radius 2 is 1.83 bits per heavy atom. The summed E-state index contributed by atoms with van der Waals surface area (Å²) in [6, 6.07) is 17.9. The van der Waals surface area contributed by atoms with Gasteiger partial charge in [-0.2, -0.15) is 5.26 Å². The second-order valence-corrected chi connectivity index (χ2v) is 7.63. The van der Waals surface area contributed by atoms with E-state index in [1.807, 2.05) is 69.3 Å². The highest BCUT2D eigenvalue weighted by molar-refractivity contribution is 5.61. The molecule has 0 bridgehead atoms. The quantitative estimate of drug-likeness (QED) is 0.781. The van der Waals surface area contributed by atoms with Crippen molar-refractivity contribution < 1.29 is 14.3 Å². The molecule has 1 aliphatic rings. The molecule has 0 amide bonds. The number of carbonyl (C=O) groups is 1. The third kappa shape index (κ3) is 7.84. The van der Waals surface area contributed by atoms with Crippen LogP contribution in [0, 0.1) is 11.3 Å². The van der Waals surface area contributed by atoms with Crippen LogP contribution >= 0.6 is 0 Å². The van der Waals surface area contributed by atoms with Crippen LogP contribution in [0.5, 0.6) is 5.75 Å². The summed E-state index contributed by atoms with van der Waals surface area (Å²) in [5, 5.41) is 12.5. The van der Waals surface area contributed by atoms with E-state index in [1.54, 1.807) is 0 Å². The summed E-state index contributed by atoms with van der Waals surface area (Å²) in [6.07, 6.45) is 0. The average Bonchev–Trinajstić information content (AvgIpc) is 2.73. The minimum atomic E-state index is -0.318. The molecule has 0 unspecified atom stereocenters. The standard InChI is InChI=1S/C18H19N3O.C5H10O2/c19-13-16-6-7-17(21-10-8-20-9-11-21)18(12-16)22-14-15-4-2-1-3-5-15;1-5(2,3)7-4-6/h1-7,12,20H,8-11,14H2;4H,1-3H3. The number of piperazine rings is 1. The summed E-state index contributed by atoms with van der Waals surface area (Å²) in [5.41, 5.74) is 2.50. The monoisotopic (exact) mass is 395 g/mol. The molecule has 154 valence electrons. The van der Waals surface area contributed by atoms with Gasteiger partial charge in [0.05, 0.1) is 17.3 Å². The van der Waals surface area contributed by atoms with E-state index < -0.39 is 0 Å². The molecule has 0 atom stereocenters. The zero-order chi connectivity index (χ0) is 21.1. The summed E-state index contributed by atoms with van der Waals surface area (Å²) >= 11 is 0. The van der Waals surface area contributed by atoms with E-state index in [2.05, 4.69) is 21.0 Å². The Hall–Kier alpha value is -3.04. The molecule has 1 heterocycles. The molecule has 2 aromatic carbocycles. The molecule has 1 saturated heterocycles. The second kappa shape index (κ2) is 11.1. The molecule has 1 aliphatic heterocycles. The number of rotatable bonds is 5. The Balaban J connectivity index is 0.000000370. The predicted octanol–water partition coefficient (Wildman–Crippen LogP) is 3.50. The van der Waals surface area contributed by atoms with Crippen molar-refractivity contribution in [3.63, 3.8) is 0 Å². The lowest BCUT2D eigenvalue weighted by molar-refractivity contribution is -0.138. The average molecular weight is 396 g/mol. The van der Waals surface area contributed by atoms with E-state index >= 15 is 0 Å². The number of nitrogens with zero attached hydrogens (tertiary/aromatic N) is 2. The fourth-order valence-electron chi connectivity index (χ4n) is 2.75. The normalized spacial score (nSPS) is 13.5. The van der Waals surface area contributed by atoms with Gasteiger partial charge in [0, 0.05) is 32.2 Å². The lowest BCUT2D eigenvalue weighted by atomic mass is 10.1. The number of ether oxygens (including phenoxy) is 2. The van der Waals surface area contributed by atoms with E-state index in [4.69, 9.17) is 10.00 Å². The maximum Gasteiger partial charge on any atom is 0.293 e. The van der Waals surface area contributed by atoms with Gasteiger partial charge < -0.3 is 19.7 Å². The largest absolute Gasteiger partial charge is 0.487 e. The highest BCUT2D eigenvalue weighted by Gasteiger charge is 2.15. The topological polar surface area (TPSA) is 74.6 Å². The third-order valence-corrected chi connectivity index (χ3v) is 4.19. The first-order valence-corrected chi connectivity index (χ1v) is 9.71. The van der Waals surface area contributed by atoms with Crippen molar-refractivity contribution in [1.82, 2.24) is 5.32 Å². The summed E-state index contributed by atoms with van der Waals surface area (Å²) in [5.74, 6) is 0.782. The summed E-state index contributed by atoms with van der Waals surface area (Å²) in [4.78, 5) is 11.9. The van der Waals surface area contributed by atoms with Gasteiger partial charge in [-0.25, -0.2) is 0 Å². The first-order valence-electron chi connectivity index (χ1n) is 9.71. The van der Waals surface area contributed by atoms with Gasteiger partial charge in [-0.3, -0.25) is 4.79 Å². The Labute approximate surface area is 173 Å². The van der Waals surface area contributed by atoms with Gasteiger partial charge in [0.25, 0.3) is 6.47 Å². The van der Waals surface area contributed by atoms with Crippen molar-refractivity contribution in [2.75, 3.05) is 31.1 Å². The van der Waals surface area contributed by atoms with Crippen molar-refractivity contribution in [1.29, 1.82) is 5.26 Å². The van der Waals surface area contributed by atoms with Gasteiger partial charge in [0.1, 0.15) is 18.0 Å². The molecule has 29 heavy (non-hydrogen) atoms. The molecule has 0 aromatic heterocycles. The van der Waals surface area contributed by atoms with Gasteiger partial charge in [-0.05, 0) is 38.5 Å². The van der Waals surface area contributed by atoms with Crippen LogP contribution in [-0.2, 0) is 16.1 Å². The van der Waals surface area contributed by atoms with E-state index in [0.717, 1.165) is 43.2 Å². The second-order valence-electron chi connectivity index (χ2n) is 7.63. The van der Waals surface area contributed by atoms with E-state index in [-0.39, 0.29) is 5.60 Å². The molecule has 1 N–H and O–H groups in total. The Morgan fingerprint density at radius 1 is 1.14 bits per heavy atom. The van der Waals surface area contributed by atoms with Crippen LogP contribution in [-0.4, -0.2) is 38.3 Å². The summed E-state index contributed by atoms with van der Waals surface area (Å²) < 4.78 is 10.6. The van der Waals surface area contributed by atoms with Crippen LogP contribution in [0.1, 0.15) is 31.9 Å². The van der Waals surface area contributed by atoms with Crippen molar-refractivity contribution in [3.8, 4) is 11.8 Å². The first kappa shape index (κ1) is 22.3. The highest BCUT2D eigenvalue weighted by atomic mass is 16.5. The first-order chi connectivity index (χ1) is 13.9. The molecule has 1 fully saturated rings. The number of carbonyl (C=O) groups excluding carboxylic acids is 1. The van der Waals surface area contributed by atoms with E-state index in [9.17, 15) is 4.79 Å². The molecular formula is C23H29N3O3. The number of benzene rings is 2. The molecule has 0 radical (unpaired) electrons. The van der Waals surface area contributed by atoms with Gasteiger partial charge in [0.15, 0.2) is 0 Å². The van der Waals surface area contributed by atoms with Crippen LogP contribution in [0.4, 0.5) is 5.69 Å². The predicted molar refractivity (Wildman–Crippen MR) is 114 cm³/mol. The number of anilines is 1. The Bertz CT molecular complexity index is 804. The van der Waals surface area contributed by atoms with Crippen LogP contribution in [0.2, 0.25) is 0 Å². The van der Waals surface area contributed by atoms with Gasteiger partial charge >= 0.3 is 0 Å². The maximum absolute atomic E-state index is 9.60. The van der Waals surface area contributed by atoms with Crippen molar-refractivity contribution in [3.05, 3.63) is 59.7 Å². The van der Waals surface area contributed by atoms with Crippen LogP contribution in [0.3, 0.4) is 0 Å². The van der Waals surface area contributed by atoms with Crippen molar-refractivity contribution in [2.24, 2.45) is 0 Å². The minimum Gasteiger partial charge on any atom is -0.487 e. The smallest absolute Gasteiger partial charge is 0.293 e. The molecule has 0 saturated carbocycles. The zero-order valence-corrected chi connectivity index (χ0v) is 17.4. The van der Waals surface area contributed by atoms with Crippen LogP contribution in [0.15, 0.2) is 48.5 Å². The summed E-state index contributed by atoms with van der Waals surface area (Å²) in [6.45, 7) is 10.3. The van der Waals surface area contributed by atoms with E-state index in [1.165, 1.54) is 0 Å². The van der Waals surface area contributed by atoms with Crippen molar-refractivity contribution in [2.45, 2.75) is 33.0 Å². The molecule has 6 nitrogen and oxygen atoms in total. The van der Waals surface area contributed by atoms with Gasteiger partial charge in [-0.15, -0.1) is 0 Å². The molecular weight excluding hydrogens is 366 g/mol. The van der Waals surface area contributed by atoms with Crippen LogP contribution in [0.25, 0.3) is 0 Å². The van der Waals surface area contributed by atoms with Crippen LogP contribution < -0.4 is 15.0 Å². The zero-order valence-electron chi connectivity index (χ0n) is 17.4. The fourth-order valence-corrected chi connectivity index (χ4v) is 2.75. The highest BCUT2D eigenvalue weighted by Crippen LogP contribution is 2.30. The van der Waals surface area contributed by atoms with E-state index in [0.29, 0.717) is 18.6 Å². The molecule has 0 spiro atoms. The molecule has 6 heteroatoms.